The number of Topliss-reactive ketones (excluding diaryl/α,β-unsaturated/α-hetero) is 1. The quantitative estimate of drug-likeness (QED) is 0.895. The lowest BCUT2D eigenvalue weighted by Crippen LogP contribution is -2.37. The van der Waals surface area contributed by atoms with Crippen LogP contribution in [0.15, 0.2) is 24.3 Å². The highest BCUT2D eigenvalue weighted by atomic mass is 19.4. The Balaban J connectivity index is 2.80. The maximum Gasteiger partial charge on any atom is 0.416 e. The van der Waals surface area contributed by atoms with Crippen molar-refractivity contribution in [3.05, 3.63) is 35.4 Å². The van der Waals surface area contributed by atoms with Crippen molar-refractivity contribution in [2.75, 3.05) is 0 Å². The molecule has 0 fully saturated rings. The third-order valence-corrected chi connectivity index (χ3v) is 3.26. The largest absolute Gasteiger partial charge is 0.416 e. The van der Waals surface area contributed by atoms with Gasteiger partial charge in [0.1, 0.15) is 0 Å². The monoisotopic (exact) mass is 273 g/mol. The van der Waals surface area contributed by atoms with Crippen molar-refractivity contribution in [2.24, 2.45) is 11.7 Å². The van der Waals surface area contributed by atoms with Crippen LogP contribution in [0.25, 0.3) is 0 Å². The Bertz CT molecular complexity index is 443. The highest BCUT2D eigenvalue weighted by Crippen LogP contribution is 2.29. The minimum Gasteiger partial charge on any atom is -0.321 e. The van der Waals surface area contributed by atoms with Gasteiger partial charge < -0.3 is 5.73 Å². The van der Waals surface area contributed by atoms with Crippen molar-refractivity contribution in [1.82, 2.24) is 0 Å². The fraction of sp³-hybridized carbons (Fsp3) is 0.500. The molecule has 0 amide bonds. The molecule has 1 aromatic rings. The van der Waals surface area contributed by atoms with Crippen molar-refractivity contribution in [3.8, 4) is 0 Å². The lowest BCUT2D eigenvalue weighted by Gasteiger charge is -2.17. The van der Waals surface area contributed by atoms with E-state index in [1.54, 1.807) is 0 Å². The summed E-state index contributed by atoms with van der Waals surface area (Å²) in [5.41, 5.74) is 5.38. The third-order valence-electron chi connectivity index (χ3n) is 3.26. The van der Waals surface area contributed by atoms with Gasteiger partial charge in [-0.3, -0.25) is 4.79 Å². The van der Waals surface area contributed by atoms with Crippen molar-refractivity contribution in [2.45, 2.75) is 38.9 Å². The van der Waals surface area contributed by atoms with E-state index in [1.807, 2.05) is 13.8 Å². The summed E-state index contributed by atoms with van der Waals surface area (Å²) in [6, 6.07) is 4.18. The molecule has 0 saturated heterocycles. The lowest BCUT2D eigenvalue weighted by atomic mass is 9.92. The van der Waals surface area contributed by atoms with Gasteiger partial charge in [0.15, 0.2) is 5.78 Å². The van der Waals surface area contributed by atoms with Crippen LogP contribution in [0.5, 0.6) is 0 Å². The fourth-order valence-corrected chi connectivity index (χ4v) is 1.75. The molecular weight excluding hydrogens is 255 g/mol. The molecule has 0 bridgehead atoms. The minimum absolute atomic E-state index is 0.0262. The molecule has 0 aliphatic rings. The van der Waals surface area contributed by atoms with Crippen molar-refractivity contribution >= 4 is 5.78 Å². The molecule has 5 heteroatoms. The van der Waals surface area contributed by atoms with Crippen LogP contribution in [0.2, 0.25) is 0 Å². The lowest BCUT2D eigenvalue weighted by molar-refractivity contribution is -0.137. The molecule has 0 heterocycles. The Kier molecular flexibility index (Phi) is 5.11. The van der Waals surface area contributed by atoms with Gasteiger partial charge in [-0.05, 0) is 17.5 Å². The molecule has 0 spiro atoms. The fourth-order valence-electron chi connectivity index (χ4n) is 1.75. The number of nitrogens with two attached hydrogens (primary N) is 1. The third kappa shape index (κ3) is 4.35. The summed E-state index contributed by atoms with van der Waals surface area (Å²) in [5, 5.41) is 0. The number of ketones is 1. The summed E-state index contributed by atoms with van der Waals surface area (Å²) in [4.78, 5) is 11.9. The van der Waals surface area contributed by atoms with Crippen LogP contribution in [0.4, 0.5) is 13.2 Å². The topological polar surface area (TPSA) is 43.1 Å². The molecule has 0 aliphatic carbocycles. The van der Waals surface area contributed by atoms with E-state index in [-0.39, 0.29) is 18.1 Å². The highest BCUT2D eigenvalue weighted by Gasteiger charge is 2.30. The summed E-state index contributed by atoms with van der Waals surface area (Å²) < 4.78 is 37.6. The van der Waals surface area contributed by atoms with E-state index >= 15 is 0 Å². The first-order chi connectivity index (χ1) is 8.75. The predicted molar refractivity (Wildman–Crippen MR) is 67.6 cm³/mol. The summed E-state index contributed by atoms with van der Waals surface area (Å²) in [6.45, 7) is 3.77. The normalized spacial score (nSPS) is 15.1. The van der Waals surface area contributed by atoms with Crippen LogP contribution in [-0.4, -0.2) is 11.8 Å². The van der Waals surface area contributed by atoms with Crippen molar-refractivity contribution < 1.29 is 18.0 Å². The number of carbonyl (C=O) groups is 1. The molecular formula is C14H18F3NO. The van der Waals surface area contributed by atoms with E-state index in [1.165, 1.54) is 12.1 Å². The van der Waals surface area contributed by atoms with Gasteiger partial charge in [0.25, 0.3) is 0 Å². The second kappa shape index (κ2) is 6.19. The zero-order valence-electron chi connectivity index (χ0n) is 11.0. The van der Waals surface area contributed by atoms with Crippen LogP contribution < -0.4 is 5.73 Å². The van der Waals surface area contributed by atoms with Crippen LogP contribution in [0.1, 0.15) is 31.4 Å². The van der Waals surface area contributed by atoms with Gasteiger partial charge >= 0.3 is 6.18 Å². The number of rotatable bonds is 5. The van der Waals surface area contributed by atoms with Gasteiger partial charge in [-0.15, -0.1) is 0 Å². The molecule has 2 atom stereocenters. The number of hydrogen-bond acceptors (Lipinski definition) is 2. The predicted octanol–water partition coefficient (Wildman–Crippen LogP) is 3.19. The Morgan fingerprint density at radius 3 is 2.53 bits per heavy atom. The Morgan fingerprint density at radius 1 is 1.37 bits per heavy atom. The van der Waals surface area contributed by atoms with Crippen LogP contribution in [0, 0.1) is 5.92 Å². The second-order valence-electron chi connectivity index (χ2n) is 4.75. The van der Waals surface area contributed by atoms with Crippen LogP contribution in [0.3, 0.4) is 0 Å². The second-order valence-corrected chi connectivity index (χ2v) is 4.75. The standard InChI is InChI=1S/C14H18F3NO/c1-3-9(2)13(18)12(19)8-10-5-4-6-11(7-10)14(15,16)17/h4-7,9,13H,3,8,18H2,1-2H3. The number of hydrogen-bond donors (Lipinski definition) is 1. The Morgan fingerprint density at radius 2 is 2.00 bits per heavy atom. The molecule has 0 aliphatic heterocycles. The summed E-state index contributed by atoms with van der Waals surface area (Å²) in [6.07, 6.45) is -3.69. The van der Waals surface area contributed by atoms with E-state index in [0.29, 0.717) is 5.56 Å². The SMILES string of the molecule is CCC(C)C(N)C(=O)Cc1cccc(C(F)(F)F)c1. The smallest absolute Gasteiger partial charge is 0.321 e. The van der Waals surface area contributed by atoms with Gasteiger partial charge in [-0.2, -0.15) is 13.2 Å². The van der Waals surface area contributed by atoms with Gasteiger partial charge in [0, 0.05) is 6.42 Å². The maximum absolute atomic E-state index is 12.5. The summed E-state index contributed by atoms with van der Waals surface area (Å²) in [7, 11) is 0. The molecule has 0 radical (unpaired) electrons. The molecule has 0 aromatic heterocycles. The Labute approximate surface area is 110 Å². The summed E-state index contributed by atoms with van der Waals surface area (Å²) >= 11 is 0. The summed E-state index contributed by atoms with van der Waals surface area (Å²) in [5.74, 6) is -0.202. The molecule has 1 aromatic carbocycles. The molecule has 2 nitrogen and oxygen atoms in total. The maximum atomic E-state index is 12.5. The number of halogens is 3. The van der Waals surface area contributed by atoms with Gasteiger partial charge in [-0.1, -0.05) is 38.5 Å². The first-order valence-corrected chi connectivity index (χ1v) is 6.20. The number of carbonyl (C=O) groups excluding carboxylic acids is 1. The first-order valence-electron chi connectivity index (χ1n) is 6.20. The molecule has 1 rings (SSSR count). The molecule has 2 N–H and O–H groups in total. The van der Waals surface area contributed by atoms with Gasteiger partial charge in [0.05, 0.1) is 11.6 Å². The first kappa shape index (κ1) is 15.7. The van der Waals surface area contributed by atoms with E-state index < -0.39 is 17.8 Å². The van der Waals surface area contributed by atoms with Crippen LogP contribution >= 0.6 is 0 Å². The van der Waals surface area contributed by atoms with Gasteiger partial charge in [0.2, 0.25) is 0 Å². The van der Waals surface area contributed by atoms with Crippen LogP contribution in [-0.2, 0) is 17.4 Å². The van der Waals surface area contributed by atoms with E-state index in [0.717, 1.165) is 18.6 Å². The molecule has 19 heavy (non-hydrogen) atoms. The Hall–Kier alpha value is -1.36. The van der Waals surface area contributed by atoms with E-state index in [9.17, 15) is 18.0 Å². The van der Waals surface area contributed by atoms with Gasteiger partial charge in [-0.25, -0.2) is 0 Å². The zero-order chi connectivity index (χ0) is 14.6. The molecule has 106 valence electrons. The highest BCUT2D eigenvalue weighted by molar-refractivity contribution is 5.86. The zero-order valence-corrected chi connectivity index (χ0v) is 11.0. The average Bonchev–Trinajstić information content (AvgIpc) is 2.36. The number of benzene rings is 1. The van der Waals surface area contributed by atoms with E-state index in [2.05, 4.69) is 0 Å². The average molecular weight is 273 g/mol. The van der Waals surface area contributed by atoms with E-state index in [4.69, 9.17) is 5.73 Å². The molecule has 0 saturated carbocycles. The van der Waals surface area contributed by atoms with Crippen molar-refractivity contribution in [1.29, 1.82) is 0 Å². The minimum atomic E-state index is -4.39. The van der Waals surface area contributed by atoms with Crippen molar-refractivity contribution in [3.63, 3.8) is 0 Å². The number of alkyl halides is 3. The molecule has 2 unspecified atom stereocenters.